The summed E-state index contributed by atoms with van der Waals surface area (Å²) in [7, 11) is 0. The maximum absolute atomic E-state index is 5.47. The third kappa shape index (κ3) is 11.7. The highest BCUT2D eigenvalue weighted by Gasteiger charge is 2.12. The Morgan fingerprint density at radius 2 is 1.47 bits per heavy atom. The van der Waals surface area contributed by atoms with Gasteiger partial charge < -0.3 is 9.47 Å². The van der Waals surface area contributed by atoms with Crippen LogP contribution in [0.25, 0.3) is 0 Å². The van der Waals surface area contributed by atoms with Gasteiger partial charge in [-0.15, -0.1) is 0 Å². The molecule has 0 rings (SSSR count). The van der Waals surface area contributed by atoms with E-state index in [1.54, 1.807) is 6.26 Å². The van der Waals surface area contributed by atoms with Crippen LogP contribution in [0.3, 0.4) is 0 Å². The molecule has 0 aromatic heterocycles. The quantitative estimate of drug-likeness (QED) is 0.714. The van der Waals surface area contributed by atoms with Crippen molar-refractivity contribution in [3.63, 3.8) is 0 Å². The summed E-state index contributed by atoms with van der Waals surface area (Å²) < 4.78 is 11.5. The molecule has 0 aromatic rings. The molecule has 0 heterocycles. The van der Waals surface area contributed by atoms with Crippen molar-refractivity contribution in [3.05, 3.63) is 10.9 Å². The fraction of sp³-hybridized carbons (Fsp3) is 0.833. The molecule has 0 radical (unpaired) electrons. The molecule has 0 aliphatic heterocycles. The normalized spacial score (nSPS) is 13.9. The molecule has 0 N–H and O–H groups in total. The summed E-state index contributed by atoms with van der Waals surface area (Å²) in [4.78, 5) is 0. The van der Waals surface area contributed by atoms with Gasteiger partial charge in [-0.25, -0.2) is 0 Å². The topological polar surface area (TPSA) is 18.5 Å². The molecule has 0 fully saturated rings. The van der Waals surface area contributed by atoms with Gasteiger partial charge in [-0.05, 0) is 26.8 Å². The Hall–Kier alpha value is -0.180. The molecule has 15 heavy (non-hydrogen) atoms. The minimum Gasteiger partial charge on any atom is -0.496 e. The molecular weight excluding hydrogens is 256 g/mol. The van der Waals surface area contributed by atoms with E-state index in [0.717, 1.165) is 0 Å². The second-order valence-corrected chi connectivity index (χ2v) is 6.92. The summed E-state index contributed by atoms with van der Waals surface area (Å²) in [6, 6.07) is 0. The van der Waals surface area contributed by atoms with E-state index in [4.69, 9.17) is 9.47 Å². The van der Waals surface area contributed by atoms with Gasteiger partial charge in [0.25, 0.3) is 0 Å². The number of rotatable bonds is 4. The fourth-order valence-electron chi connectivity index (χ4n) is 0.677. The summed E-state index contributed by atoms with van der Waals surface area (Å²) in [6.07, 6.45) is 1.62. The van der Waals surface area contributed by atoms with Crippen molar-refractivity contribution >= 4 is 15.9 Å². The highest BCUT2D eigenvalue weighted by molar-refractivity contribution is 9.11. The Labute approximate surface area is 102 Å². The lowest BCUT2D eigenvalue weighted by atomic mass is 9.99. The lowest BCUT2D eigenvalue weighted by molar-refractivity contribution is 0.116. The molecule has 0 unspecified atom stereocenters. The Morgan fingerprint density at radius 1 is 1.00 bits per heavy atom. The van der Waals surface area contributed by atoms with Gasteiger partial charge in [-0.1, -0.05) is 41.5 Å². The zero-order valence-electron chi connectivity index (χ0n) is 10.7. The van der Waals surface area contributed by atoms with E-state index in [1.165, 1.54) is 0 Å². The molecule has 3 heteroatoms. The highest BCUT2D eigenvalue weighted by Crippen LogP contribution is 2.19. The van der Waals surface area contributed by atoms with Crippen LogP contribution in [0.4, 0.5) is 0 Å². The van der Waals surface area contributed by atoms with E-state index in [2.05, 4.69) is 57.5 Å². The number of halogens is 1. The van der Waals surface area contributed by atoms with E-state index in [1.807, 2.05) is 0 Å². The Morgan fingerprint density at radius 3 is 1.87 bits per heavy atom. The van der Waals surface area contributed by atoms with E-state index < -0.39 is 0 Å². The predicted octanol–water partition coefficient (Wildman–Crippen LogP) is 4.31. The van der Waals surface area contributed by atoms with Gasteiger partial charge in [0.05, 0.1) is 13.2 Å². The highest BCUT2D eigenvalue weighted by atomic mass is 79.9. The molecule has 0 bridgehead atoms. The molecule has 2 nitrogen and oxygen atoms in total. The van der Waals surface area contributed by atoms with Crippen LogP contribution in [0.5, 0.6) is 0 Å². The van der Waals surface area contributed by atoms with Crippen molar-refractivity contribution in [1.29, 1.82) is 0 Å². The summed E-state index contributed by atoms with van der Waals surface area (Å²) in [5.74, 6) is 0. The van der Waals surface area contributed by atoms with Crippen molar-refractivity contribution in [2.75, 3.05) is 13.2 Å². The summed E-state index contributed by atoms with van der Waals surface area (Å²) in [5, 5.41) is 0. The second-order valence-electron chi connectivity index (χ2n) is 6.14. The number of hydrogen-bond acceptors (Lipinski definition) is 2. The molecule has 90 valence electrons. The van der Waals surface area contributed by atoms with Crippen LogP contribution >= 0.6 is 15.9 Å². The minimum atomic E-state index is 0.164. The second kappa shape index (κ2) is 5.78. The Bertz CT molecular complexity index is 209. The van der Waals surface area contributed by atoms with Crippen LogP contribution in [-0.4, -0.2) is 13.2 Å². The molecule has 0 aliphatic carbocycles. The van der Waals surface area contributed by atoms with Gasteiger partial charge in [-0.2, -0.15) is 0 Å². The SMILES string of the molecule is CC(C)(C)COC=C(Br)OCC(C)(C)C. The van der Waals surface area contributed by atoms with Crippen LogP contribution in [0.15, 0.2) is 10.9 Å². The minimum absolute atomic E-state index is 0.164. The summed E-state index contributed by atoms with van der Waals surface area (Å²) in [5.41, 5.74) is 0.338. The predicted molar refractivity (Wildman–Crippen MR) is 67.8 cm³/mol. The first-order chi connectivity index (χ1) is 6.60. The van der Waals surface area contributed by atoms with Crippen LogP contribution in [0.1, 0.15) is 41.5 Å². The third-order valence-corrected chi connectivity index (χ3v) is 1.75. The summed E-state index contributed by atoms with van der Waals surface area (Å²) in [6.45, 7) is 14.1. The van der Waals surface area contributed by atoms with Crippen molar-refractivity contribution in [2.24, 2.45) is 10.8 Å². The number of hydrogen-bond donors (Lipinski definition) is 0. The first-order valence-electron chi connectivity index (χ1n) is 5.20. The van der Waals surface area contributed by atoms with Gasteiger partial charge in [0.15, 0.2) is 4.67 Å². The van der Waals surface area contributed by atoms with Crippen LogP contribution in [-0.2, 0) is 9.47 Å². The molecule has 0 amide bonds. The zero-order valence-corrected chi connectivity index (χ0v) is 12.3. The molecule has 0 spiro atoms. The van der Waals surface area contributed by atoms with Gasteiger partial charge in [0, 0.05) is 0 Å². The van der Waals surface area contributed by atoms with Gasteiger partial charge >= 0.3 is 0 Å². The van der Waals surface area contributed by atoms with Crippen LogP contribution in [0.2, 0.25) is 0 Å². The molecule has 0 saturated carbocycles. The van der Waals surface area contributed by atoms with Gasteiger partial charge in [0.1, 0.15) is 6.26 Å². The van der Waals surface area contributed by atoms with Crippen molar-refractivity contribution < 1.29 is 9.47 Å². The Kier molecular flexibility index (Phi) is 5.71. The van der Waals surface area contributed by atoms with Crippen LogP contribution in [0, 0.1) is 10.8 Å². The van der Waals surface area contributed by atoms with Crippen molar-refractivity contribution in [2.45, 2.75) is 41.5 Å². The van der Waals surface area contributed by atoms with E-state index in [0.29, 0.717) is 17.9 Å². The van der Waals surface area contributed by atoms with E-state index in [-0.39, 0.29) is 10.8 Å². The molecular formula is C12H23BrO2. The lowest BCUT2D eigenvalue weighted by Gasteiger charge is -2.19. The smallest absolute Gasteiger partial charge is 0.196 e. The molecule has 0 saturated heterocycles. The summed E-state index contributed by atoms with van der Waals surface area (Å²) >= 11 is 3.31. The zero-order chi connectivity index (χ0) is 12.1. The Balaban J connectivity index is 3.81. The first kappa shape index (κ1) is 14.8. The maximum atomic E-state index is 5.47. The first-order valence-corrected chi connectivity index (χ1v) is 5.99. The number of ether oxygens (including phenoxy) is 2. The monoisotopic (exact) mass is 278 g/mol. The van der Waals surface area contributed by atoms with Crippen molar-refractivity contribution in [3.8, 4) is 0 Å². The van der Waals surface area contributed by atoms with Crippen LogP contribution < -0.4 is 0 Å². The van der Waals surface area contributed by atoms with E-state index in [9.17, 15) is 0 Å². The average molecular weight is 279 g/mol. The fourth-order valence-corrected chi connectivity index (χ4v) is 0.923. The molecule has 0 aromatic carbocycles. The average Bonchev–Trinajstić information content (AvgIpc) is 1.97. The van der Waals surface area contributed by atoms with Crippen molar-refractivity contribution in [1.82, 2.24) is 0 Å². The molecule has 0 atom stereocenters. The third-order valence-electron chi connectivity index (χ3n) is 1.34. The lowest BCUT2D eigenvalue weighted by Crippen LogP contribution is -2.14. The molecule has 0 aliphatic rings. The maximum Gasteiger partial charge on any atom is 0.196 e. The van der Waals surface area contributed by atoms with Gasteiger partial charge in [-0.3, -0.25) is 0 Å². The largest absolute Gasteiger partial charge is 0.496 e. The van der Waals surface area contributed by atoms with E-state index >= 15 is 0 Å². The standard InChI is InChI=1S/C12H23BrO2/c1-11(2,3)8-14-7-10(13)15-9-12(4,5)6/h7H,8-9H2,1-6H3. The van der Waals surface area contributed by atoms with Gasteiger partial charge in [0.2, 0.25) is 0 Å².